The number of carboxylic acids is 1. The molecule has 2 atom stereocenters. The van der Waals surface area contributed by atoms with Gasteiger partial charge in [-0.3, -0.25) is 29.8 Å². The summed E-state index contributed by atoms with van der Waals surface area (Å²) < 4.78 is 11.0. The standard InChI is InChI=1S/C24H43N7O6/c1-24(2,3)37-23(35)31-13-12-27(16-19(31)21(25)26)6-4-5-7-30-15-18(36-22(30)34)14-28-8-10-29(11-9-28)17-20(32)33/h18-19H,4-17H2,1-3H3,(H3,25,26)(H,32,33). The van der Waals surface area contributed by atoms with E-state index in [0.29, 0.717) is 52.4 Å². The smallest absolute Gasteiger partial charge is 0.411 e. The number of carbonyl (C=O) groups is 3. The summed E-state index contributed by atoms with van der Waals surface area (Å²) >= 11 is 0. The normalized spacial score (nSPS) is 24.2. The Morgan fingerprint density at radius 1 is 1.03 bits per heavy atom. The van der Waals surface area contributed by atoms with Gasteiger partial charge in [0.2, 0.25) is 0 Å². The zero-order valence-electron chi connectivity index (χ0n) is 22.4. The molecule has 0 aromatic heterocycles. The molecule has 3 saturated heterocycles. The van der Waals surface area contributed by atoms with Crippen LogP contribution in [0.2, 0.25) is 0 Å². The molecular formula is C24H43N7O6. The van der Waals surface area contributed by atoms with E-state index in [9.17, 15) is 14.4 Å². The van der Waals surface area contributed by atoms with Crippen molar-refractivity contribution < 1.29 is 29.0 Å². The molecule has 13 nitrogen and oxygen atoms in total. The van der Waals surface area contributed by atoms with Crippen LogP contribution >= 0.6 is 0 Å². The van der Waals surface area contributed by atoms with E-state index in [0.717, 1.165) is 32.5 Å². The van der Waals surface area contributed by atoms with Gasteiger partial charge in [0.05, 0.1) is 13.1 Å². The average molecular weight is 526 g/mol. The van der Waals surface area contributed by atoms with Gasteiger partial charge in [-0.25, -0.2) is 9.59 Å². The molecule has 0 radical (unpaired) electrons. The molecule has 0 aromatic rings. The first-order valence-electron chi connectivity index (χ1n) is 13.1. The van der Waals surface area contributed by atoms with Crippen LogP contribution in [0.3, 0.4) is 0 Å². The predicted molar refractivity (Wildman–Crippen MR) is 137 cm³/mol. The van der Waals surface area contributed by atoms with Crippen molar-refractivity contribution in [2.24, 2.45) is 5.73 Å². The summed E-state index contributed by atoms with van der Waals surface area (Å²) in [6.45, 7) is 12.7. The number of piperazine rings is 2. The fourth-order valence-electron chi connectivity index (χ4n) is 4.95. The highest BCUT2D eigenvalue weighted by Crippen LogP contribution is 2.18. The number of hydrogen-bond acceptors (Lipinski definition) is 9. The number of ether oxygens (including phenoxy) is 2. The van der Waals surface area contributed by atoms with Gasteiger partial charge in [0, 0.05) is 58.9 Å². The minimum absolute atomic E-state index is 0.0512. The van der Waals surface area contributed by atoms with E-state index in [4.69, 9.17) is 25.7 Å². The third-order valence-corrected chi connectivity index (χ3v) is 6.84. The Labute approximate surface area is 218 Å². The monoisotopic (exact) mass is 525 g/mol. The van der Waals surface area contributed by atoms with Crippen LogP contribution in [-0.4, -0.2) is 150 Å². The van der Waals surface area contributed by atoms with E-state index in [2.05, 4.69) is 9.80 Å². The van der Waals surface area contributed by atoms with Crippen molar-refractivity contribution in [3.63, 3.8) is 0 Å². The summed E-state index contributed by atoms with van der Waals surface area (Å²) in [7, 11) is 0. The molecule has 0 aliphatic carbocycles. The zero-order valence-corrected chi connectivity index (χ0v) is 22.4. The molecule has 210 valence electrons. The van der Waals surface area contributed by atoms with Crippen LogP contribution in [0.5, 0.6) is 0 Å². The van der Waals surface area contributed by atoms with Gasteiger partial charge in [0.1, 0.15) is 23.6 Å². The molecule has 3 aliphatic rings. The van der Waals surface area contributed by atoms with Crippen LogP contribution in [0.25, 0.3) is 0 Å². The molecular weight excluding hydrogens is 482 g/mol. The molecule has 2 unspecified atom stereocenters. The van der Waals surface area contributed by atoms with Crippen LogP contribution in [0.4, 0.5) is 9.59 Å². The molecule has 2 amide bonds. The summed E-state index contributed by atoms with van der Waals surface area (Å²) in [5, 5.41) is 16.9. The number of unbranched alkanes of at least 4 members (excludes halogenated alkanes) is 1. The maximum atomic E-state index is 12.5. The number of amidine groups is 1. The molecule has 13 heteroatoms. The highest BCUT2D eigenvalue weighted by atomic mass is 16.6. The van der Waals surface area contributed by atoms with Crippen LogP contribution in [0, 0.1) is 5.41 Å². The summed E-state index contributed by atoms with van der Waals surface area (Å²) in [4.78, 5) is 45.4. The molecule has 3 heterocycles. The largest absolute Gasteiger partial charge is 0.480 e. The van der Waals surface area contributed by atoms with Crippen LogP contribution in [-0.2, 0) is 14.3 Å². The molecule has 3 aliphatic heterocycles. The Morgan fingerprint density at radius 2 is 1.65 bits per heavy atom. The quantitative estimate of drug-likeness (QED) is 0.204. The lowest BCUT2D eigenvalue weighted by Gasteiger charge is -2.41. The van der Waals surface area contributed by atoms with Gasteiger partial charge in [0.15, 0.2) is 0 Å². The first kappa shape index (κ1) is 28.9. The first-order chi connectivity index (χ1) is 17.4. The van der Waals surface area contributed by atoms with E-state index < -0.39 is 23.7 Å². The van der Waals surface area contributed by atoms with Crippen LogP contribution in [0.1, 0.15) is 33.6 Å². The molecule has 3 rings (SSSR count). The number of carbonyl (C=O) groups excluding carboxylic acids is 2. The zero-order chi connectivity index (χ0) is 27.2. The van der Waals surface area contributed by atoms with E-state index in [1.54, 1.807) is 4.90 Å². The van der Waals surface area contributed by atoms with E-state index >= 15 is 0 Å². The molecule has 0 bridgehead atoms. The second kappa shape index (κ2) is 12.7. The Balaban J connectivity index is 1.34. The summed E-state index contributed by atoms with van der Waals surface area (Å²) in [6, 6.07) is -0.510. The number of cyclic esters (lactones) is 1. The minimum atomic E-state index is -0.810. The molecule has 37 heavy (non-hydrogen) atoms. The minimum Gasteiger partial charge on any atom is -0.480 e. The third kappa shape index (κ3) is 9.00. The molecule has 0 spiro atoms. The van der Waals surface area contributed by atoms with Crippen molar-refractivity contribution in [3.8, 4) is 0 Å². The second-order valence-corrected chi connectivity index (χ2v) is 11.1. The number of nitrogens with zero attached hydrogens (tertiary/aromatic N) is 5. The van der Waals surface area contributed by atoms with Crippen molar-refractivity contribution >= 4 is 24.0 Å². The van der Waals surface area contributed by atoms with Crippen molar-refractivity contribution in [3.05, 3.63) is 0 Å². The maximum Gasteiger partial charge on any atom is 0.411 e. The number of aliphatic carboxylic acids is 1. The predicted octanol–water partition coefficient (Wildman–Crippen LogP) is 0.147. The van der Waals surface area contributed by atoms with Gasteiger partial charge in [0.25, 0.3) is 0 Å². The second-order valence-electron chi connectivity index (χ2n) is 11.1. The number of rotatable bonds is 10. The topological polar surface area (TPSA) is 156 Å². The summed E-state index contributed by atoms with van der Waals surface area (Å²) in [5.41, 5.74) is 5.19. The number of amides is 2. The Kier molecular flexibility index (Phi) is 9.96. The summed E-state index contributed by atoms with van der Waals surface area (Å²) in [5.74, 6) is -0.861. The van der Waals surface area contributed by atoms with E-state index in [1.807, 2.05) is 25.7 Å². The van der Waals surface area contributed by atoms with Gasteiger partial charge in [-0.1, -0.05) is 0 Å². The van der Waals surface area contributed by atoms with Crippen LogP contribution in [0.15, 0.2) is 0 Å². The SMILES string of the molecule is CC(C)(C)OC(=O)N1CCN(CCCCN2CC(CN3CCN(CC(=O)O)CC3)OC2=O)CC1C(=N)N. The van der Waals surface area contributed by atoms with Crippen molar-refractivity contribution in [1.29, 1.82) is 5.41 Å². The maximum absolute atomic E-state index is 12.5. The Hall–Kier alpha value is -2.64. The lowest BCUT2D eigenvalue weighted by molar-refractivity contribution is -0.138. The lowest BCUT2D eigenvalue weighted by Crippen LogP contribution is -2.60. The number of carboxylic acid groups (broad SMARTS) is 1. The molecule has 3 fully saturated rings. The van der Waals surface area contributed by atoms with Gasteiger partial charge >= 0.3 is 18.2 Å². The molecule has 0 aromatic carbocycles. The first-order valence-corrected chi connectivity index (χ1v) is 13.1. The van der Waals surface area contributed by atoms with Crippen molar-refractivity contribution in [1.82, 2.24) is 24.5 Å². The fraction of sp³-hybridized carbons (Fsp3) is 0.833. The van der Waals surface area contributed by atoms with Crippen molar-refractivity contribution in [2.75, 3.05) is 78.5 Å². The van der Waals surface area contributed by atoms with Gasteiger partial charge in [-0.15, -0.1) is 0 Å². The highest BCUT2D eigenvalue weighted by molar-refractivity contribution is 5.87. The Bertz CT molecular complexity index is 827. The van der Waals surface area contributed by atoms with E-state index in [-0.39, 0.29) is 24.6 Å². The fourth-order valence-corrected chi connectivity index (χ4v) is 4.95. The Morgan fingerprint density at radius 3 is 2.27 bits per heavy atom. The molecule has 0 saturated carbocycles. The number of nitrogens with one attached hydrogen (secondary N) is 1. The van der Waals surface area contributed by atoms with Gasteiger partial charge in [-0.05, 0) is 40.2 Å². The lowest BCUT2D eigenvalue weighted by atomic mass is 10.1. The number of nitrogens with two attached hydrogens (primary N) is 1. The highest BCUT2D eigenvalue weighted by Gasteiger charge is 2.35. The molecule has 4 N–H and O–H groups in total. The third-order valence-electron chi connectivity index (χ3n) is 6.84. The van der Waals surface area contributed by atoms with Crippen molar-refractivity contribution in [2.45, 2.75) is 51.4 Å². The average Bonchev–Trinajstić information content (AvgIpc) is 3.15. The van der Waals surface area contributed by atoms with E-state index in [1.165, 1.54) is 4.90 Å². The number of hydrogen-bond donors (Lipinski definition) is 3. The summed E-state index contributed by atoms with van der Waals surface area (Å²) in [6.07, 6.45) is 0.800. The van der Waals surface area contributed by atoms with Gasteiger partial charge < -0.3 is 25.2 Å². The van der Waals surface area contributed by atoms with Gasteiger partial charge in [-0.2, -0.15) is 0 Å². The van der Waals surface area contributed by atoms with Crippen LogP contribution < -0.4 is 5.73 Å².